The minimum atomic E-state index is -3.62. The zero-order valence-corrected chi connectivity index (χ0v) is 19.9. The van der Waals surface area contributed by atoms with Crippen LogP contribution in [0.1, 0.15) is 48.9 Å². The molecule has 4 aliphatic rings. The smallest absolute Gasteiger partial charge is 0.253 e. The van der Waals surface area contributed by atoms with Crippen molar-refractivity contribution in [2.75, 3.05) is 45.8 Å². The molecule has 3 saturated heterocycles. The fourth-order valence-corrected chi connectivity index (χ4v) is 7.20. The van der Waals surface area contributed by atoms with Gasteiger partial charge in [-0.3, -0.25) is 9.79 Å². The van der Waals surface area contributed by atoms with Crippen molar-refractivity contribution >= 4 is 21.9 Å². The van der Waals surface area contributed by atoms with Crippen molar-refractivity contribution in [1.29, 1.82) is 0 Å². The third kappa shape index (κ3) is 4.48. The van der Waals surface area contributed by atoms with Crippen molar-refractivity contribution in [2.45, 2.75) is 55.0 Å². The van der Waals surface area contributed by atoms with Crippen molar-refractivity contribution in [3.63, 3.8) is 0 Å². The molecule has 0 saturated carbocycles. The van der Waals surface area contributed by atoms with Gasteiger partial charge in [0.15, 0.2) is 5.96 Å². The number of aliphatic imine (C=N–C) groups is 1. The SMILES string of the molecule is NC1=NCC2(CCN(C(=O)c3cccc(S(=O)(=O)N4CCC(N5CCCC5)CC4)c3)CC2)N1. The zero-order valence-electron chi connectivity index (χ0n) is 19.1. The highest BCUT2D eigenvalue weighted by Crippen LogP contribution is 2.28. The van der Waals surface area contributed by atoms with Gasteiger partial charge in [-0.25, -0.2) is 8.42 Å². The van der Waals surface area contributed by atoms with E-state index in [-0.39, 0.29) is 16.3 Å². The number of carbonyl (C=O) groups is 1. The van der Waals surface area contributed by atoms with E-state index in [0.717, 1.165) is 38.8 Å². The highest BCUT2D eigenvalue weighted by Gasteiger charge is 2.39. The average molecular weight is 475 g/mol. The molecule has 33 heavy (non-hydrogen) atoms. The predicted octanol–water partition coefficient (Wildman–Crippen LogP) is 0.828. The van der Waals surface area contributed by atoms with Crippen LogP contribution in [0.25, 0.3) is 0 Å². The number of rotatable bonds is 4. The molecule has 4 aliphatic heterocycles. The van der Waals surface area contributed by atoms with Crippen molar-refractivity contribution in [1.82, 2.24) is 19.4 Å². The first-order valence-corrected chi connectivity index (χ1v) is 13.5. The molecule has 0 aliphatic carbocycles. The molecule has 0 unspecified atom stereocenters. The van der Waals surface area contributed by atoms with Gasteiger partial charge in [0.2, 0.25) is 10.0 Å². The van der Waals surface area contributed by atoms with Gasteiger partial charge >= 0.3 is 0 Å². The van der Waals surface area contributed by atoms with Gasteiger partial charge in [-0.1, -0.05) is 6.07 Å². The molecule has 0 aromatic heterocycles. The van der Waals surface area contributed by atoms with Crippen LogP contribution in [0.3, 0.4) is 0 Å². The van der Waals surface area contributed by atoms with Gasteiger partial charge in [0.25, 0.3) is 5.91 Å². The Morgan fingerprint density at radius 1 is 1.06 bits per heavy atom. The van der Waals surface area contributed by atoms with Gasteiger partial charge < -0.3 is 20.9 Å². The lowest BCUT2D eigenvalue weighted by Crippen LogP contribution is -2.55. The van der Waals surface area contributed by atoms with Gasteiger partial charge in [-0.2, -0.15) is 4.31 Å². The van der Waals surface area contributed by atoms with Crippen LogP contribution in [0.15, 0.2) is 34.2 Å². The second-order valence-corrected chi connectivity index (χ2v) is 11.7. The molecule has 0 bridgehead atoms. The van der Waals surface area contributed by atoms with Crippen molar-refractivity contribution < 1.29 is 13.2 Å². The number of piperidine rings is 2. The van der Waals surface area contributed by atoms with Crippen LogP contribution in [0.5, 0.6) is 0 Å². The lowest BCUT2D eigenvalue weighted by atomic mass is 9.88. The largest absolute Gasteiger partial charge is 0.370 e. The van der Waals surface area contributed by atoms with E-state index < -0.39 is 10.0 Å². The molecule has 1 spiro atoms. The molecule has 10 heteroatoms. The Hall–Kier alpha value is -2.17. The first-order chi connectivity index (χ1) is 15.9. The molecule has 9 nitrogen and oxygen atoms in total. The maximum atomic E-state index is 13.3. The van der Waals surface area contributed by atoms with E-state index in [1.807, 2.05) is 0 Å². The lowest BCUT2D eigenvalue weighted by Gasteiger charge is -2.39. The normalized spacial score (nSPS) is 24.7. The number of nitrogens with zero attached hydrogens (tertiary/aromatic N) is 4. The van der Waals surface area contributed by atoms with E-state index in [1.54, 1.807) is 33.5 Å². The topological polar surface area (TPSA) is 111 Å². The summed E-state index contributed by atoms with van der Waals surface area (Å²) in [6.07, 6.45) is 5.77. The zero-order chi connectivity index (χ0) is 23.1. The third-order valence-electron chi connectivity index (χ3n) is 7.75. The fraction of sp³-hybridized carbons (Fsp3) is 0.652. The highest BCUT2D eigenvalue weighted by atomic mass is 32.2. The number of likely N-dealkylation sites (tertiary alicyclic amines) is 2. The summed E-state index contributed by atoms with van der Waals surface area (Å²) in [5.41, 5.74) is 6.06. The van der Waals surface area contributed by atoms with Crippen LogP contribution in [-0.2, 0) is 10.0 Å². The van der Waals surface area contributed by atoms with Crippen LogP contribution < -0.4 is 11.1 Å². The van der Waals surface area contributed by atoms with Gasteiger partial charge in [-0.15, -0.1) is 0 Å². The van der Waals surface area contributed by atoms with Gasteiger partial charge in [0, 0.05) is 37.8 Å². The number of hydrogen-bond donors (Lipinski definition) is 2. The monoisotopic (exact) mass is 474 g/mol. The Balaban J connectivity index is 1.23. The second kappa shape index (κ2) is 8.88. The Kier molecular flexibility index (Phi) is 6.09. The molecule has 0 atom stereocenters. The number of nitrogens with two attached hydrogens (primary N) is 1. The minimum Gasteiger partial charge on any atom is -0.370 e. The standard InChI is InChI=1S/C23H34N6O3S/c24-22-25-17-23(26-22)8-14-28(15-9-23)21(30)18-4-3-5-20(16-18)33(31,32)29-12-6-19(7-13-29)27-10-1-2-11-27/h3-5,16,19H,1-2,6-15,17H2,(H3,24,25,26). The molecule has 4 heterocycles. The van der Waals surface area contributed by atoms with Crippen LogP contribution >= 0.6 is 0 Å². The van der Waals surface area contributed by atoms with Crippen molar-refractivity contribution in [3.8, 4) is 0 Å². The number of carbonyl (C=O) groups excluding carboxylic acids is 1. The van der Waals surface area contributed by atoms with Crippen LogP contribution in [0, 0.1) is 0 Å². The molecule has 0 radical (unpaired) electrons. The fourth-order valence-electron chi connectivity index (χ4n) is 5.68. The highest BCUT2D eigenvalue weighted by molar-refractivity contribution is 7.89. The summed E-state index contributed by atoms with van der Waals surface area (Å²) in [6, 6.07) is 7.02. The van der Waals surface area contributed by atoms with Gasteiger partial charge in [0.05, 0.1) is 17.0 Å². The molecule has 3 fully saturated rings. The molecule has 1 aromatic rings. The number of amides is 1. The molecular formula is C23H34N6O3S. The Morgan fingerprint density at radius 3 is 2.39 bits per heavy atom. The number of benzene rings is 1. The van der Waals surface area contributed by atoms with Crippen LogP contribution in [0.4, 0.5) is 0 Å². The van der Waals surface area contributed by atoms with Crippen molar-refractivity contribution in [2.24, 2.45) is 10.7 Å². The van der Waals surface area contributed by atoms with E-state index in [2.05, 4.69) is 15.2 Å². The van der Waals surface area contributed by atoms with Gasteiger partial charge in [0.1, 0.15) is 0 Å². The summed E-state index contributed by atoms with van der Waals surface area (Å²) < 4.78 is 28.2. The van der Waals surface area contributed by atoms with Crippen LogP contribution in [0.2, 0.25) is 0 Å². The summed E-state index contributed by atoms with van der Waals surface area (Å²) in [5.74, 6) is 0.346. The van der Waals surface area contributed by atoms with E-state index in [0.29, 0.717) is 50.3 Å². The minimum absolute atomic E-state index is 0.124. The Morgan fingerprint density at radius 2 is 1.76 bits per heavy atom. The molecule has 180 valence electrons. The Labute approximate surface area is 196 Å². The summed E-state index contributed by atoms with van der Waals surface area (Å²) >= 11 is 0. The van der Waals surface area contributed by atoms with E-state index in [4.69, 9.17) is 5.73 Å². The van der Waals surface area contributed by atoms with E-state index >= 15 is 0 Å². The summed E-state index contributed by atoms with van der Waals surface area (Å²) in [6.45, 7) is 5.17. The molecule has 5 rings (SSSR count). The van der Waals surface area contributed by atoms with Crippen LogP contribution in [-0.4, -0.2) is 91.8 Å². The average Bonchev–Trinajstić information content (AvgIpc) is 3.50. The van der Waals surface area contributed by atoms with E-state index in [9.17, 15) is 13.2 Å². The molecule has 1 amide bonds. The number of hydrogen-bond acceptors (Lipinski definition) is 7. The summed E-state index contributed by atoms with van der Waals surface area (Å²) in [7, 11) is -3.62. The van der Waals surface area contributed by atoms with Gasteiger partial charge in [-0.05, 0) is 69.8 Å². The first kappa shape index (κ1) is 22.6. The second-order valence-electron chi connectivity index (χ2n) is 9.81. The number of guanidine groups is 1. The maximum Gasteiger partial charge on any atom is 0.253 e. The number of nitrogens with one attached hydrogen (secondary N) is 1. The summed E-state index contributed by atoms with van der Waals surface area (Å²) in [4.78, 5) is 21.9. The molecule has 3 N–H and O–H groups in total. The summed E-state index contributed by atoms with van der Waals surface area (Å²) in [5, 5.41) is 3.26. The lowest BCUT2D eigenvalue weighted by molar-refractivity contribution is 0.0668. The first-order valence-electron chi connectivity index (χ1n) is 12.1. The maximum absolute atomic E-state index is 13.3. The van der Waals surface area contributed by atoms with Crippen molar-refractivity contribution in [3.05, 3.63) is 29.8 Å². The van der Waals surface area contributed by atoms with E-state index in [1.165, 1.54) is 12.8 Å². The third-order valence-corrected chi connectivity index (χ3v) is 9.65. The molecule has 1 aromatic carbocycles. The Bertz CT molecular complexity index is 1020. The predicted molar refractivity (Wildman–Crippen MR) is 127 cm³/mol. The molecular weight excluding hydrogens is 440 g/mol. The number of sulfonamides is 1. The quantitative estimate of drug-likeness (QED) is 0.669.